The van der Waals surface area contributed by atoms with Gasteiger partial charge >= 0.3 is 7.60 Å². The van der Waals surface area contributed by atoms with Gasteiger partial charge in [-0.05, 0) is 18.6 Å². The van der Waals surface area contributed by atoms with Crippen LogP contribution in [0.5, 0.6) is 0 Å². The van der Waals surface area contributed by atoms with E-state index in [2.05, 4.69) is 6.92 Å². The molecule has 1 rings (SSSR count). The SMILES string of the molecule is CCCCCCOP(=O)(O)c1ccccc1.N.N. The summed E-state index contributed by atoms with van der Waals surface area (Å²) in [6, 6.07) is 8.52. The maximum atomic E-state index is 11.8. The van der Waals surface area contributed by atoms with E-state index >= 15 is 0 Å². The van der Waals surface area contributed by atoms with Crippen molar-refractivity contribution < 1.29 is 14.0 Å². The standard InChI is InChI=1S/C12H19O3P.2H3N/c1-2-3-4-8-11-15-16(13,14)12-9-6-5-7-10-12;;/h5-7,9-10H,2-4,8,11H2,1H3,(H,13,14);2*1H3. The van der Waals surface area contributed by atoms with Gasteiger partial charge in [0.2, 0.25) is 0 Å². The molecule has 7 N–H and O–H groups in total. The maximum absolute atomic E-state index is 11.8. The van der Waals surface area contributed by atoms with Gasteiger partial charge in [0.15, 0.2) is 0 Å². The molecule has 0 saturated carbocycles. The lowest BCUT2D eigenvalue weighted by Gasteiger charge is -2.11. The summed E-state index contributed by atoms with van der Waals surface area (Å²) in [6.07, 6.45) is 4.18. The summed E-state index contributed by atoms with van der Waals surface area (Å²) in [5.41, 5.74) is 0. The van der Waals surface area contributed by atoms with E-state index in [1.54, 1.807) is 24.3 Å². The Kier molecular flexibility index (Phi) is 11.2. The highest BCUT2D eigenvalue weighted by Crippen LogP contribution is 2.40. The van der Waals surface area contributed by atoms with Gasteiger partial charge in [0, 0.05) is 0 Å². The maximum Gasteiger partial charge on any atom is 0.358 e. The Morgan fingerprint density at radius 3 is 2.28 bits per heavy atom. The molecule has 0 saturated heterocycles. The van der Waals surface area contributed by atoms with Gasteiger partial charge in [0.1, 0.15) is 0 Å². The van der Waals surface area contributed by atoms with Gasteiger partial charge < -0.3 is 21.7 Å². The fraction of sp³-hybridized carbons (Fsp3) is 0.500. The molecule has 1 aromatic carbocycles. The van der Waals surface area contributed by atoms with Crippen molar-refractivity contribution in [3.8, 4) is 0 Å². The topological polar surface area (TPSA) is 117 Å². The lowest BCUT2D eigenvalue weighted by molar-refractivity contribution is 0.262. The average molecular weight is 276 g/mol. The summed E-state index contributed by atoms with van der Waals surface area (Å²) in [4.78, 5) is 9.68. The van der Waals surface area contributed by atoms with Crippen LogP contribution in [0.1, 0.15) is 32.6 Å². The largest absolute Gasteiger partial charge is 0.358 e. The summed E-state index contributed by atoms with van der Waals surface area (Å²) >= 11 is 0. The van der Waals surface area contributed by atoms with Gasteiger partial charge in [-0.25, -0.2) is 0 Å². The second-order valence-corrected chi connectivity index (χ2v) is 5.57. The summed E-state index contributed by atoms with van der Waals surface area (Å²) in [7, 11) is -3.59. The fourth-order valence-electron chi connectivity index (χ4n) is 1.41. The van der Waals surface area contributed by atoms with E-state index in [1.165, 1.54) is 0 Å². The Morgan fingerprint density at radius 1 is 1.11 bits per heavy atom. The Bertz CT molecular complexity index is 346. The molecule has 1 atom stereocenters. The summed E-state index contributed by atoms with van der Waals surface area (Å²) in [5, 5.41) is 0.366. The first-order chi connectivity index (χ1) is 7.67. The molecule has 18 heavy (non-hydrogen) atoms. The third-order valence-electron chi connectivity index (χ3n) is 2.35. The van der Waals surface area contributed by atoms with Crippen LogP contribution in [0.25, 0.3) is 0 Å². The first-order valence-electron chi connectivity index (χ1n) is 5.70. The van der Waals surface area contributed by atoms with Crippen LogP contribution in [0.3, 0.4) is 0 Å². The number of hydrogen-bond donors (Lipinski definition) is 3. The van der Waals surface area contributed by atoms with Crippen LogP contribution >= 0.6 is 7.60 Å². The molecule has 0 spiro atoms. The van der Waals surface area contributed by atoms with Crippen LogP contribution in [0.15, 0.2) is 30.3 Å². The molecule has 0 amide bonds. The third-order valence-corrected chi connectivity index (χ3v) is 3.83. The van der Waals surface area contributed by atoms with Crippen LogP contribution in [0, 0.1) is 0 Å². The number of unbranched alkanes of at least 4 members (excludes halogenated alkanes) is 3. The fourth-order valence-corrected chi connectivity index (χ4v) is 2.48. The van der Waals surface area contributed by atoms with Gasteiger partial charge in [0.05, 0.1) is 11.9 Å². The molecule has 1 aromatic rings. The van der Waals surface area contributed by atoms with Crippen LogP contribution in [-0.2, 0) is 9.09 Å². The molecule has 0 aliphatic heterocycles. The van der Waals surface area contributed by atoms with Crippen molar-refractivity contribution in [2.24, 2.45) is 0 Å². The number of rotatable bonds is 7. The molecule has 0 bridgehead atoms. The van der Waals surface area contributed by atoms with Crippen LogP contribution in [0.4, 0.5) is 0 Å². The van der Waals surface area contributed by atoms with E-state index in [0.717, 1.165) is 25.7 Å². The van der Waals surface area contributed by atoms with Gasteiger partial charge in [-0.2, -0.15) is 0 Å². The Hall–Kier alpha value is -0.710. The Balaban J connectivity index is 0. The van der Waals surface area contributed by atoms with Gasteiger partial charge in [-0.3, -0.25) is 4.57 Å². The first-order valence-corrected chi connectivity index (χ1v) is 7.27. The predicted octanol–water partition coefficient (Wildman–Crippen LogP) is 3.42. The zero-order chi connectivity index (χ0) is 11.9. The normalized spacial score (nSPS) is 13.0. The summed E-state index contributed by atoms with van der Waals surface area (Å²) in [5.74, 6) is 0. The van der Waals surface area contributed by atoms with Crippen molar-refractivity contribution in [1.29, 1.82) is 0 Å². The first kappa shape index (κ1) is 19.6. The second kappa shape index (κ2) is 10.2. The Labute approximate surface area is 109 Å². The highest BCUT2D eigenvalue weighted by molar-refractivity contribution is 7.61. The van der Waals surface area contributed by atoms with Crippen molar-refractivity contribution in [1.82, 2.24) is 12.3 Å². The van der Waals surface area contributed by atoms with Gasteiger partial charge in [-0.15, -0.1) is 0 Å². The summed E-state index contributed by atoms with van der Waals surface area (Å²) < 4.78 is 16.9. The summed E-state index contributed by atoms with van der Waals surface area (Å²) in [6.45, 7) is 2.48. The minimum absolute atomic E-state index is 0. The molecule has 0 aliphatic rings. The Morgan fingerprint density at radius 2 is 1.72 bits per heavy atom. The van der Waals surface area contributed by atoms with Crippen molar-refractivity contribution in [3.63, 3.8) is 0 Å². The molecule has 0 aromatic heterocycles. The zero-order valence-electron chi connectivity index (χ0n) is 11.0. The van der Waals surface area contributed by atoms with Crippen molar-refractivity contribution in [2.45, 2.75) is 32.6 Å². The highest BCUT2D eigenvalue weighted by Gasteiger charge is 2.21. The van der Waals surface area contributed by atoms with E-state index in [1.807, 2.05) is 6.07 Å². The molecule has 0 aliphatic carbocycles. The van der Waals surface area contributed by atoms with E-state index in [0.29, 0.717) is 11.9 Å². The molecule has 0 radical (unpaired) electrons. The second-order valence-electron chi connectivity index (χ2n) is 3.75. The zero-order valence-corrected chi connectivity index (χ0v) is 11.9. The van der Waals surface area contributed by atoms with E-state index < -0.39 is 7.60 Å². The lowest BCUT2D eigenvalue weighted by Crippen LogP contribution is -2.07. The van der Waals surface area contributed by atoms with E-state index in [-0.39, 0.29) is 12.3 Å². The third kappa shape index (κ3) is 6.89. The van der Waals surface area contributed by atoms with Crippen molar-refractivity contribution >= 4 is 12.9 Å². The quantitative estimate of drug-likeness (QED) is 0.521. The smallest absolute Gasteiger partial charge is 0.344 e. The molecule has 1 unspecified atom stereocenters. The monoisotopic (exact) mass is 276 g/mol. The van der Waals surface area contributed by atoms with Crippen LogP contribution in [-0.4, -0.2) is 11.5 Å². The van der Waals surface area contributed by atoms with Gasteiger partial charge in [-0.1, -0.05) is 44.4 Å². The van der Waals surface area contributed by atoms with Crippen LogP contribution in [0.2, 0.25) is 0 Å². The predicted molar refractivity (Wildman–Crippen MR) is 76.0 cm³/mol. The minimum atomic E-state index is -3.59. The highest BCUT2D eigenvalue weighted by atomic mass is 31.2. The molecule has 0 fully saturated rings. The lowest BCUT2D eigenvalue weighted by atomic mass is 10.2. The number of hydrogen-bond acceptors (Lipinski definition) is 4. The van der Waals surface area contributed by atoms with E-state index in [4.69, 9.17) is 4.52 Å². The molecule has 106 valence electrons. The minimum Gasteiger partial charge on any atom is -0.344 e. The van der Waals surface area contributed by atoms with E-state index in [9.17, 15) is 9.46 Å². The molecular weight excluding hydrogens is 251 g/mol. The average Bonchev–Trinajstić information content (AvgIpc) is 2.30. The van der Waals surface area contributed by atoms with Crippen molar-refractivity contribution in [3.05, 3.63) is 30.3 Å². The number of benzene rings is 1. The molecule has 0 heterocycles. The molecule has 5 nitrogen and oxygen atoms in total. The van der Waals surface area contributed by atoms with Crippen LogP contribution < -0.4 is 17.6 Å². The van der Waals surface area contributed by atoms with Crippen molar-refractivity contribution in [2.75, 3.05) is 6.61 Å². The van der Waals surface area contributed by atoms with Gasteiger partial charge in [0.25, 0.3) is 0 Å². The molecule has 6 heteroatoms. The molecular formula is C12H25N2O3P.